The fourth-order valence-corrected chi connectivity index (χ4v) is 2.73. The van der Waals surface area contributed by atoms with Gasteiger partial charge in [0.2, 0.25) is 6.35 Å². The molecule has 0 fully saturated rings. The van der Waals surface area contributed by atoms with E-state index in [0.29, 0.717) is 5.75 Å². The van der Waals surface area contributed by atoms with E-state index in [1.165, 1.54) is 6.33 Å². The molecule has 0 amide bonds. The number of methoxy groups -OCH3 is 1. The number of ether oxygens (including phenoxy) is 2. The van der Waals surface area contributed by atoms with Gasteiger partial charge in [0.15, 0.2) is 0 Å². The van der Waals surface area contributed by atoms with Crippen molar-refractivity contribution in [3.63, 3.8) is 0 Å². The number of anilines is 1. The predicted octanol–water partition coefficient (Wildman–Crippen LogP) is 2.35. The summed E-state index contributed by atoms with van der Waals surface area (Å²) in [6.07, 6.45) is 4.39. The average molecular weight is 335 g/mol. The van der Waals surface area contributed by atoms with Crippen molar-refractivity contribution < 1.29 is 9.47 Å². The minimum atomic E-state index is -0.600. The summed E-state index contributed by atoms with van der Waals surface area (Å²) < 4.78 is 12.9. The molecule has 126 valence electrons. The summed E-state index contributed by atoms with van der Waals surface area (Å²) in [5.74, 6) is 1.39. The average Bonchev–Trinajstić information content (AvgIpc) is 3.32. The summed E-state index contributed by atoms with van der Waals surface area (Å²) in [5, 5.41) is 4.14. The minimum Gasteiger partial charge on any atom is -0.494 e. The van der Waals surface area contributed by atoms with Gasteiger partial charge >= 0.3 is 0 Å². The summed E-state index contributed by atoms with van der Waals surface area (Å²) >= 11 is 0. The summed E-state index contributed by atoms with van der Waals surface area (Å²) in [6, 6.07) is 15.6. The molecule has 0 saturated heterocycles. The maximum absolute atomic E-state index is 6.15. The molecule has 25 heavy (non-hydrogen) atoms. The van der Waals surface area contributed by atoms with Crippen LogP contribution in [0.5, 0.6) is 5.75 Å². The van der Waals surface area contributed by atoms with E-state index in [9.17, 15) is 0 Å². The van der Waals surface area contributed by atoms with Crippen LogP contribution in [-0.4, -0.2) is 28.2 Å². The number of hydrogen-bond donors (Lipinski definition) is 1. The highest BCUT2D eigenvalue weighted by Gasteiger charge is 2.25. The smallest absolute Gasteiger partial charge is 0.231 e. The van der Waals surface area contributed by atoms with Gasteiger partial charge in [0.05, 0.1) is 13.3 Å². The summed E-state index contributed by atoms with van der Waals surface area (Å²) in [4.78, 5) is 5.82. The Kier molecular flexibility index (Phi) is 3.83. The van der Waals surface area contributed by atoms with Gasteiger partial charge < -0.3 is 9.47 Å². The number of rotatable bonds is 4. The lowest BCUT2D eigenvalue weighted by atomic mass is 10.2. The van der Waals surface area contributed by atoms with Crippen LogP contribution in [0.15, 0.2) is 67.4 Å². The Morgan fingerprint density at radius 2 is 2.00 bits per heavy atom. The number of benzene rings is 2. The lowest BCUT2D eigenvalue weighted by molar-refractivity contribution is 0.199. The van der Waals surface area contributed by atoms with E-state index in [0.717, 1.165) is 22.7 Å². The van der Waals surface area contributed by atoms with Crippen molar-refractivity contribution in [1.29, 1.82) is 0 Å². The van der Waals surface area contributed by atoms with Crippen molar-refractivity contribution in [3.8, 4) is 11.4 Å². The lowest BCUT2D eigenvalue weighted by Crippen LogP contribution is -2.36. The van der Waals surface area contributed by atoms with Crippen LogP contribution in [0.25, 0.3) is 11.4 Å². The van der Waals surface area contributed by atoms with E-state index in [2.05, 4.69) is 10.1 Å². The van der Waals surface area contributed by atoms with Gasteiger partial charge in [-0.2, -0.15) is 5.10 Å². The van der Waals surface area contributed by atoms with Crippen molar-refractivity contribution in [2.24, 2.45) is 5.73 Å². The van der Waals surface area contributed by atoms with Crippen LogP contribution in [-0.2, 0) is 4.74 Å². The normalized spacial score (nSPS) is 16.5. The highest BCUT2D eigenvalue weighted by molar-refractivity contribution is 5.69. The Hall–Kier alpha value is -3.32. The SMILES string of the molecule is COc1cc(N2C=C(c3ccccc3)OC2N)ccc1-n1cncn1. The molecule has 4 rings (SSSR count). The molecule has 0 saturated carbocycles. The molecular formula is C18H17N5O2. The Bertz CT molecular complexity index is 893. The maximum atomic E-state index is 6.15. The molecule has 1 unspecified atom stereocenters. The monoisotopic (exact) mass is 335 g/mol. The van der Waals surface area contributed by atoms with E-state index in [1.807, 2.05) is 59.6 Å². The molecule has 3 aromatic rings. The zero-order valence-corrected chi connectivity index (χ0v) is 13.6. The van der Waals surface area contributed by atoms with Crippen LogP contribution >= 0.6 is 0 Å². The fourth-order valence-electron chi connectivity index (χ4n) is 2.73. The zero-order chi connectivity index (χ0) is 17.2. The second-order valence-corrected chi connectivity index (χ2v) is 5.47. The van der Waals surface area contributed by atoms with Crippen molar-refractivity contribution in [2.75, 3.05) is 12.0 Å². The Labute approximate surface area is 144 Å². The largest absolute Gasteiger partial charge is 0.494 e. The minimum absolute atomic E-state index is 0.600. The van der Waals surface area contributed by atoms with Crippen LogP contribution in [0.3, 0.4) is 0 Å². The Balaban J connectivity index is 1.69. The van der Waals surface area contributed by atoms with E-state index >= 15 is 0 Å². The van der Waals surface area contributed by atoms with Crippen molar-refractivity contribution in [2.45, 2.75) is 6.35 Å². The number of hydrogen-bond acceptors (Lipinski definition) is 6. The molecule has 1 aromatic heterocycles. The Morgan fingerprint density at radius 3 is 2.72 bits per heavy atom. The van der Waals surface area contributed by atoms with Crippen LogP contribution in [0.1, 0.15) is 5.56 Å². The van der Waals surface area contributed by atoms with Crippen molar-refractivity contribution in [3.05, 3.63) is 72.9 Å². The molecule has 7 nitrogen and oxygen atoms in total. The molecule has 1 atom stereocenters. The van der Waals surface area contributed by atoms with Crippen LogP contribution in [0.4, 0.5) is 5.69 Å². The predicted molar refractivity (Wildman–Crippen MR) is 93.9 cm³/mol. The molecule has 1 aliphatic heterocycles. The number of nitrogens with two attached hydrogens (primary N) is 1. The van der Waals surface area contributed by atoms with Gasteiger partial charge in [0.25, 0.3) is 0 Å². The first kappa shape index (κ1) is 15.2. The third-order valence-corrected chi connectivity index (χ3v) is 3.96. The van der Waals surface area contributed by atoms with Gasteiger partial charge in [-0.25, -0.2) is 9.67 Å². The highest BCUT2D eigenvalue weighted by Crippen LogP contribution is 2.33. The van der Waals surface area contributed by atoms with Gasteiger partial charge in [0, 0.05) is 17.3 Å². The molecule has 2 aromatic carbocycles. The fraction of sp³-hybridized carbons (Fsp3) is 0.111. The van der Waals surface area contributed by atoms with Gasteiger partial charge in [-0.05, 0) is 12.1 Å². The van der Waals surface area contributed by atoms with Gasteiger partial charge in [-0.3, -0.25) is 10.6 Å². The third-order valence-electron chi connectivity index (χ3n) is 3.96. The maximum Gasteiger partial charge on any atom is 0.231 e. The molecule has 0 spiro atoms. The molecular weight excluding hydrogens is 318 g/mol. The molecule has 2 heterocycles. The number of nitrogens with zero attached hydrogens (tertiary/aromatic N) is 4. The topological polar surface area (TPSA) is 78.4 Å². The van der Waals surface area contributed by atoms with Crippen molar-refractivity contribution >= 4 is 11.4 Å². The second kappa shape index (κ2) is 6.29. The van der Waals surface area contributed by atoms with E-state index < -0.39 is 6.35 Å². The first-order valence-electron chi connectivity index (χ1n) is 7.77. The van der Waals surface area contributed by atoms with Gasteiger partial charge in [-0.1, -0.05) is 30.3 Å². The quantitative estimate of drug-likeness (QED) is 0.788. The van der Waals surface area contributed by atoms with E-state index in [4.69, 9.17) is 15.2 Å². The van der Waals surface area contributed by atoms with Gasteiger partial charge in [-0.15, -0.1) is 0 Å². The molecule has 0 bridgehead atoms. The third kappa shape index (κ3) is 2.81. The molecule has 2 N–H and O–H groups in total. The second-order valence-electron chi connectivity index (χ2n) is 5.47. The number of aromatic nitrogens is 3. The molecule has 0 aliphatic carbocycles. The highest BCUT2D eigenvalue weighted by atomic mass is 16.5. The lowest BCUT2D eigenvalue weighted by Gasteiger charge is -2.21. The molecule has 7 heteroatoms. The summed E-state index contributed by atoms with van der Waals surface area (Å²) in [6.45, 7) is 0. The Morgan fingerprint density at radius 1 is 1.16 bits per heavy atom. The zero-order valence-electron chi connectivity index (χ0n) is 13.6. The first-order valence-corrected chi connectivity index (χ1v) is 7.77. The van der Waals surface area contributed by atoms with E-state index in [-0.39, 0.29) is 0 Å². The standard InChI is InChI=1S/C18H17N5O2/c1-24-16-9-14(7-8-15(16)23-12-20-11-21-23)22-10-17(25-18(22)19)13-5-3-2-4-6-13/h2-12,18H,19H2,1H3. The van der Waals surface area contributed by atoms with Crippen LogP contribution < -0.4 is 15.4 Å². The van der Waals surface area contributed by atoms with Gasteiger partial charge in [0.1, 0.15) is 29.9 Å². The van der Waals surface area contributed by atoms with E-state index in [1.54, 1.807) is 18.1 Å². The molecule has 0 radical (unpaired) electrons. The summed E-state index contributed by atoms with van der Waals surface area (Å²) in [7, 11) is 1.62. The summed E-state index contributed by atoms with van der Waals surface area (Å²) in [5.41, 5.74) is 8.78. The molecule has 1 aliphatic rings. The van der Waals surface area contributed by atoms with Crippen molar-refractivity contribution in [1.82, 2.24) is 14.8 Å². The van der Waals surface area contributed by atoms with Crippen LogP contribution in [0.2, 0.25) is 0 Å². The van der Waals surface area contributed by atoms with Crippen LogP contribution in [0, 0.1) is 0 Å². The first-order chi connectivity index (χ1) is 12.3.